The summed E-state index contributed by atoms with van der Waals surface area (Å²) in [6.45, 7) is 5.96. The molecule has 2 aromatic rings. The quantitative estimate of drug-likeness (QED) is 0.537. The van der Waals surface area contributed by atoms with Crippen LogP contribution in [0, 0.1) is 0 Å². The number of esters is 1. The van der Waals surface area contributed by atoms with Crippen LogP contribution < -0.4 is 10.0 Å². The van der Waals surface area contributed by atoms with Crippen molar-refractivity contribution in [2.75, 3.05) is 18.1 Å². The number of sulfonamides is 1. The summed E-state index contributed by atoms with van der Waals surface area (Å²) in [5.74, 6) is -0.686. The topological polar surface area (TPSA) is 102 Å². The van der Waals surface area contributed by atoms with Crippen LogP contribution in [0.1, 0.15) is 53.2 Å². The molecule has 0 bridgehead atoms. The van der Waals surface area contributed by atoms with Gasteiger partial charge < -0.3 is 10.1 Å². The number of amides is 1. The van der Waals surface area contributed by atoms with Crippen LogP contribution >= 0.6 is 11.3 Å². The van der Waals surface area contributed by atoms with E-state index in [0.717, 1.165) is 28.8 Å². The molecule has 1 heterocycles. The van der Waals surface area contributed by atoms with Gasteiger partial charge in [0.25, 0.3) is 5.91 Å². The number of carbonyl (C=O) groups excluding carboxylic acids is 2. The van der Waals surface area contributed by atoms with E-state index in [0.29, 0.717) is 17.2 Å². The van der Waals surface area contributed by atoms with Gasteiger partial charge in [0.05, 0.1) is 6.26 Å². The third-order valence-corrected chi connectivity index (χ3v) is 6.47. The van der Waals surface area contributed by atoms with Crippen LogP contribution in [0.4, 0.5) is 5.69 Å². The Morgan fingerprint density at radius 1 is 1.13 bits per heavy atom. The second kappa shape index (κ2) is 10.7. The van der Waals surface area contributed by atoms with Gasteiger partial charge in [0.1, 0.15) is 4.88 Å². The third-order valence-electron chi connectivity index (χ3n) is 4.61. The molecule has 30 heavy (non-hydrogen) atoms. The van der Waals surface area contributed by atoms with Gasteiger partial charge in [0, 0.05) is 17.1 Å². The van der Waals surface area contributed by atoms with Crippen molar-refractivity contribution in [3.8, 4) is 0 Å². The van der Waals surface area contributed by atoms with Gasteiger partial charge in [0.15, 0.2) is 6.10 Å². The molecule has 9 heteroatoms. The van der Waals surface area contributed by atoms with Crippen LogP contribution in [0.15, 0.2) is 36.4 Å². The second-order valence-corrected chi connectivity index (χ2v) is 10.1. The zero-order chi connectivity index (χ0) is 22.3. The molecule has 0 aliphatic heterocycles. The number of para-hydroxylation sites is 1. The maximum atomic E-state index is 12.5. The molecular formula is C21H28N2O5S2. The maximum Gasteiger partial charge on any atom is 0.349 e. The zero-order valence-corrected chi connectivity index (χ0v) is 19.2. The minimum atomic E-state index is -3.25. The van der Waals surface area contributed by atoms with Crippen LogP contribution in [0.5, 0.6) is 0 Å². The van der Waals surface area contributed by atoms with E-state index in [1.165, 1.54) is 18.3 Å². The summed E-state index contributed by atoms with van der Waals surface area (Å²) >= 11 is 1.22. The highest BCUT2D eigenvalue weighted by molar-refractivity contribution is 7.88. The molecule has 7 nitrogen and oxygen atoms in total. The molecule has 0 aliphatic carbocycles. The lowest BCUT2D eigenvalue weighted by molar-refractivity contribution is -0.123. The Labute approximate surface area is 181 Å². The van der Waals surface area contributed by atoms with Gasteiger partial charge >= 0.3 is 5.97 Å². The highest BCUT2D eigenvalue weighted by atomic mass is 32.2. The van der Waals surface area contributed by atoms with Gasteiger partial charge in [-0.25, -0.2) is 17.9 Å². The molecule has 0 fully saturated rings. The molecular weight excluding hydrogens is 424 g/mol. The zero-order valence-electron chi connectivity index (χ0n) is 17.6. The summed E-state index contributed by atoms with van der Waals surface area (Å²) in [6.07, 6.45) is 1.54. The van der Waals surface area contributed by atoms with E-state index in [2.05, 4.69) is 23.9 Å². The lowest BCUT2D eigenvalue weighted by Gasteiger charge is -2.18. The van der Waals surface area contributed by atoms with Gasteiger partial charge in [0.2, 0.25) is 10.0 Å². The van der Waals surface area contributed by atoms with Crippen LogP contribution in [0.3, 0.4) is 0 Å². The monoisotopic (exact) mass is 452 g/mol. The van der Waals surface area contributed by atoms with Crippen LogP contribution in [0.2, 0.25) is 0 Å². The summed E-state index contributed by atoms with van der Waals surface area (Å²) in [6, 6.07) is 11.0. The van der Waals surface area contributed by atoms with E-state index in [1.54, 1.807) is 12.1 Å². The molecule has 0 saturated carbocycles. The Kier molecular flexibility index (Phi) is 8.57. The Morgan fingerprint density at radius 2 is 1.83 bits per heavy atom. The Morgan fingerprint density at radius 3 is 2.50 bits per heavy atom. The predicted octanol–water partition coefficient (Wildman–Crippen LogP) is 3.54. The minimum Gasteiger partial charge on any atom is -0.448 e. The average Bonchev–Trinajstić information content (AvgIpc) is 3.15. The molecule has 1 amide bonds. The molecule has 2 unspecified atom stereocenters. The number of carbonyl (C=O) groups is 2. The molecule has 0 aliphatic rings. The molecule has 1 aromatic heterocycles. The summed E-state index contributed by atoms with van der Waals surface area (Å²) in [4.78, 5) is 26.1. The summed E-state index contributed by atoms with van der Waals surface area (Å²) in [5.41, 5.74) is 1.76. The first kappa shape index (κ1) is 24.0. The Balaban J connectivity index is 1.94. The molecule has 0 saturated heterocycles. The van der Waals surface area contributed by atoms with Crippen molar-refractivity contribution in [2.45, 2.75) is 45.6 Å². The Hall–Kier alpha value is -2.23. The smallest absolute Gasteiger partial charge is 0.349 e. The highest BCUT2D eigenvalue weighted by Crippen LogP contribution is 2.26. The molecule has 164 valence electrons. The van der Waals surface area contributed by atoms with Gasteiger partial charge in [-0.1, -0.05) is 32.0 Å². The molecule has 2 N–H and O–H groups in total. The lowest BCUT2D eigenvalue weighted by atomic mass is 9.97. The Bertz CT molecular complexity index is 985. The van der Waals surface area contributed by atoms with Crippen molar-refractivity contribution < 1.29 is 22.7 Å². The normalized spacial score (nSPS) is 13.5. The van der Waals surface area contributed by atoms with Crippen molar-refractivity contribution in [1.29, 1.82) is 0 Å². The number of hydrogen-bond donors (Lipinski definition) is 2. The van der Waals surface area contributed by atoms with Crippen molar-refractivity contribution >= 4 is 38.9 Å². The number of hydrogen-bond acceptors (Lipinski definition) is 6. The van der Waals surface area contributed by atoms with Gasteiger partial charge in [-0.2, -0.15) is 0 Å². The van der Waals surface area contributed by atoms with Crippen molar-refractivity contribution in [2.24, 2.45) is 0 Å². The second-order valence-electron chi connectivity index (χ2n) is 7.12. The van der Waals surface area contributed by atoms with Crippen LogP contribution in [-0.2, 0) is 26.0 Å². The first-order chi connectivity index (χ1) is 14.1. The van der Waals surface area contributed by atoms with E-state index < -0.39 is 28.0 Å². The number of anilines is 1. The van der Waals surface area contributed by atoms with E-state index in [-0.39, 0.29) is 6.54 Å². The number of rotatable bonds is 10. The van der Waals surface area contributed by atoms with Crippen LogP contribution in [-0.4, -0.2) is 39.2 Å². The minimum absolute atomic E-state index is 0.252. The molecule has 2 atom stereocenters. The molecule has 1 aromatic carbocycles. The van der Waals surface area contributed by atoms with Gasteiger partial charge in [-0.15, -0.1) is 11.3 Å². The number of nitrogens with one attached hydrogen (secondary N) is 2. The van der Waals surface area contributed by atoms with Gasteiger partial charge in [-0.05, 0) is 49.4 Å². The predicted molar refractivity (Wildman–Crippen MR) is 120 cm³/mol. The largest absolute Gasteiger partial charge is 0.448 e. The maximum absolute atomic E-state index is 12.5. The molecule has 0 radical (unpaired) electrons. The third kappa shape index (κ3) is 7.23. The number of benzene rings is 1. The van der Waals surface area contributed by atoms with Crippen LogP contribution in [0.25, 0.3) is 0 Å². The van der Waals surface area contributed by atoms with Crippen molar-refractivity contribution in [1.82, 2.24) is 4.72 Å². The van der Waals surface area contributed by atoms with Crippen molar-refractivity contribution in [3.05, 3.63) is 51.7 Å². The molecule has 2 rings (SSSR count). The van der Waals surface area contributed by atoms with E-state index >= 15 is 0 Å². The van der Waals surface area contributed by atoms with Gasteiger partial charge in [-0.3, -0.25) is 4.79 Å². The first-order valence-corrected chi connectivity index (χ1v) is 12.5. The average molecular weight is 453 g/mol. The van der Waals surface area contributed by atoms with Crippen molar-refractivity contribution in [3.63, 3.8) is 0 Å². The number of thiophene rings is 1. The van der Waals surface area contributed by atoms with E-state index in [1.807, 2.05) is 24.3 Å². The summed E-state index contributed by atoms with van der Waals surface area (Å²) in [5, 5.41) is 2.85. The fourth-order valence-electron chi connectivity index (χ4n) is 2.75. The first-order valence-electron chi connectivity index (χ1n) is 9.74. The fraction of sp³-hybridized carbons (Fsp3) is 0.429. The summed E-state index contributed by atoms with van der Waals surface area (Å²) < 4.78 is 29.9. The SMILES string of the molecule is CCC(C)c1ccccc1NC(=O)C(C)OC(=O)c1ccc(CCNS(C)(=O)=O)s1. The summed E-state index contributed by atoms with van der Waals surface area (Å²) in [7, 11) is -3.25. The highest BCUT2D eigenvalue weighted by Gasteiger charge is 2.21. The molecule has 0 spiro atoms. The lowest BCUT2D eigenvalue weighted by Crippen LogP contribution is -2.30. The fourth-order valence-corrected chi connectivity index (χ4v) is 4.11. The standard InChI is InChI=1S/C21H28N2O5S2/c1-5-14(2)17-8-6-7-9-18(17)23-20(24)15(3)28-21(25)19-11-10-16(29-19)12-13-22-30(4,26)27/h6-11,14-15,22H,5,12-13H2,1-4H3,(H,23,24). The number of ether oxygens (including phenoxy) is 1. The van der Waals surface area contributed by atoms with E-state index in [4.69, 9.17) is 4.74 Å². The van der Waals surface area contributed by atoms with E-state index in [9.17, 15) is 18.0 Å².